The zero-order valence-electron chi connectivity index (χ0n) is 10.2. The summed E-state index contributed by atoms with van der Waals surface area (Å²) in [5.41, 5.74) is 3.54. The van der Waals surface area contributed by atoms with Gasteiger partial charge in [-0.25, -0.2) is 4.98 Å². The normalized spacial score (nSPS) is 10.6. The van der Waals surface area contributed by atoms with Crippen LogP contribution in [0.25, 0.3) is 0 Å². The molecule has 0 amide bonds. The number of ether oxygens (including phenoxy) is 1. The van der Waals surface area contributed by atoms with Crippen molar-refractivity contribution in [3.8, 4) is 11.5 Å². The van der Waals surface area contributed by atoms with Gasteiger partial charge in [0.05, 0.1) is 13.3 Å². The summed E-state index contributed by atoms with van der Waals surface area (Å²) in [5, 5.41) is 13.9. The Hall–Kier alpha value is -2.27. The largest absolute Gasteiger partial charge is 0.504 e. The number of aromatic nitrogens is 1. The molecule has 0 bridgehead atoms. The molecule has 0 saturated carbocycles. The summed E-state index contributed by atoms with van der Waals surface area (Å²) in [6.45, 7) is 0. The molecule has 0 spiro atoms. The van der Waals surface area contributed by atoms with Crippen LogP contribution in [0.2, 0.25) is 5.15 Å². The number of nitrogens with zero attached hydrogens (tertiary/aromatic N) is 2. The maximum Gasteiger partial charge on any atom is 0.161 e. The Balaban J connectivity index is 2.07. The molecule has 0 unspecified atom stereocenters. The van der Waals surface area contributed by atoms with E-state index in [0.29, 0.717) is 16.7 Å². The molecule has 1 heterocycles. The Labute approximate surface area is 115 Å². The molecule has 2 rings (SSSR count). The second kappa shape index (κ2) is 6.06. The second-order valence-corrected chi connectivity index (χ2v) is 4.03. The monoisotopic (exact) mass is 277 g/mol. The lowest BCUT2D eigenvalue weighted by atomic mass is 10.2. The van der Waals surface area contributed by atoms with Crippen molar-refractivity contribution in [2.75, 3.05) is 12.5 Å². The van der Waals surface area contributed by atoms with Crippen molar-refractivity contribution in [1.82, 2.24) is 4.98 Å². The molecular formula is C13H12ClN3O2. The Morgan fingerprint density at radius 1 is 1.37 bits per heavy atom. The van der Waals surface area contributed by atoms with Crippen LogP contribution in [0.1, 0.15) is 5.56 Å². The molecule has 0 atom stereocenters. The first kappa shape index (κ1) is 13.2. The summed E-state index contributed by atoms with van der Waals surface area (Å²) >= 11 is 5.75. The van der Waals surface area contributed by atoms with Crippen molar-refractivity contribution in [2.24, 2.45) is 5.10 Å². The quantitative estimate of drug-likeness (QED) is 0.512. The van der Waals surface area contributed by atoms with Crippen molar-refractivity contribution < 1.29 is 9.84 Å². The Morgan fingerprint density at radius 3 is 2.95 bits per heavy atom. The minimum absolute atomic E-state index is 0.0871. The highest BCUT2D eigenvalue weighted by atomic mass is 35.5. The molecule has 5 nitrogen and oxygen atoms in total. The van der Waals surface area contributed by atoms with E-state index < -0.39 is 0 Å². The van der Waals surface area contributed by atoms with Gasteiger partial charge in [0.15, 0.2) is 11.5 Å². The highest BCUT2D eigenvalue weighted by Gasteiger charge is 2.00. The van der Waals surface area contributed by atoms with Gasteiger partial charge in [-0.1, -0.05) is 17.7 Å². The van der Waals surface area contributed by atoms with E-state index in [0.717, 1.165) is 5.56 Å². The van der Waals surface area contributed by atoms with Gasteiger partial charge < -0.3 is 9.84 Å². The van der Waals surface area contributed by atoms with E-state index in [4.69, 9.17) is 16.3 Å². The highest BCUT2D eigenvalue weighted by Crippen LogP contribution is 2.25. The molecule has 2 N–H and O–H groups in total. The third kappa shape index (κ3) is 3.59. The molecule has 1 aromatic carbocycles. The number of rotatable bonds is 4. The van der Waals surface area contributed by atoms with Gasteiger partial charge >= 0.3 is 0 Å². The first-order chi connectivity index (χ1) is 9.19. The fourth-order valence-electron chi connectivity index (χ4n) is 1.42. The fraction of sp³-hybridized carbons (Fsp3) is 0.0769. The number of pyridine rings is 1. The number of phenols is 1. The van der Waals surface area contributed by atoms with Crippen LogP contribution in [0.15, 0.2) is 41.5 Å². The van der Waals surface area contributed by atoms with Crippen LogP contribution in [-0.4, -0.2) is 23.4 Å². The molecule has 98 valence electrons. The van der Waals surface area contributed by atoms with Gasteiger partial charge in [0.2, 0.25) is 0 Å². The maximum absolute atomic E-state index is 9.46. The molecule has 19 heavy (non-hydrogen) atoms. The van der Waals surface area contributed by atoms with Gasteiger partial charge in [-0.15, -0.1) is 0 Å². The molecule has 0 aliphatic heterocycles. The second-order valence-electron chi connectivity index (χ2n) is 3.65. The first-order valence-electron chi connectivity index (χ1n) is 5.47. The topological polar surface area (TPSA) is 66.7 Å². The van der Waals surface area contributed by atoms with Gasteiger partial charge in [-0.05, 0) is 35.9 Å². The van der Waals surface area contributed by atoms with Crippen molar-refractivity contribution in [3.63, 3.8) is 0 Å². The van der Waals surface area contributed by atoms with Crippen LogP contribution in [0.3, 0.4) is 0 Å². The van der Waals surface area contributed by atoms with Gasteiger partial charge in [-0.3, -0.25) is 5.43 Å². The molecule has 0 aliphatic rings. The number of aromatic hydroxyl groups is 1. The van der Waals surface area contributed by atoms with Crippen LogP contribution < -0.4 is 10.2 Å². The zero-order chi connectivity index (χ0) is 13.7. The number of methoxy groups -OCH3 is 1. The van der Waals surface area contributed by atoms with E-state index in [1.54, 1.807) is 36.5 Å². The number of nitrogens with one attached hydrogen (secondary N) is 1. The van der Waals surface area contributed by atoms with Crippen LogP contribution >= 0.6 is 11.6 Å². The third-order valence-electron chi connectivity index (χ3n) is 2.31. The zero-order valence-corrected chi connectivity index (χ0v) is 10.9. The van der Waals surface area contributed by atoms with E-state index in [1.807, 2.05) is 0 Å². The molecular weight excluding hydrogens is 266 g/mol. The van der Waals surface area contributed by atoms with E-state index >= 15 is 0 Å². The molecule has 6 heteroatoms. The van der Waals surface area contributed by atoms with Gasteiger partial charge in [-0.2, -0.15) is 5.10 Å². The van der Waals surface area contributed by atoms with E-state index in [-0.39, 0.29) is 5.75 Å². The lowest BCUT2D eigenvalue weighted by molar-refractivity contribution is 0.373. The summed E-state index contributed by atoms with van der Waals surface area (Å²) in [6, 6.07) is 10.1. The lowest BCUT2D eigenvalue weighted by Crippen LogP contribution is -1.93. The number of hydrazone groups is 1. The molecule has 1 aromatic heterocycles. The van der Waals surface area contributed by atoms with Gasteiger partial charge in [0, 0.05) is 0 Å². The summed E-state index contributed by atoms with van der Waals surface area (Å²) in [5.74, 6) is 1.03. The van der Waals surface area contributed by atoms with Crippen LogP contribution in [-0.2, 0) is 0 Å². The van der Waals surface area contributed by atoms with Crippen molar-refractivity contribution in [2.45, 2.75) is 0 Å². The number of hydrogen-bond acceptors (Lipinski definition) is 5. The molecule has 2 aromatic rings. The van der Waals surface area contributed by atoms with Crippen LogP contribution in [0, 0.1) is 0 Å². The summed E-state index contributed by atoms with van der Waals surface area (Å²) < 4.78 is 5.00. The maximum atomic E-state index is 9.46. The smallest absolute Gasteiger partial charge is 0.161 e. The first-order valence-corrected chi connectivity index (χ1v) is 5.85. The van der Waals surface area contributed by atoms with Crippen molar-refractivity contribution >= 4 is 23.6 Å². The lowest BCUT2D eigenvalue weighted by Gasteiger charge is -2.03. The minimum Gasteiger partial charge on any atom is -0.504 e. The van der Waals surface area contributed by atoms with Crippen molar-refractivity contribution in [3.05, 3.63) is 47.1 Å². The summed E-state index contributed by atoms with van der Waals surface area (Å²) in [4.78, 5) is 4.03. The number of benzene rings is 1. The number of anilines is 1. The summed E-state index contributed by atoms with van der Waals surface area (Å²) in [7, 11) is 1.49. The third-order valence-corrected chi connectivity index (χ3v) is 2.52. The predicted molar refractivity (Wildman–Crippen MR) is 75.1 cm³/mol. The van der Waals surface area contributed by atoms with Crippen LogP contribution in [0.5, 0.6) is 11.5 Å². The standard InChI is InChI=1S/C13H12ClN3O2/c1-19-11-7-9(5-6-10(11)18)8-15-17-13-4-2-3-12(14)16-13/h2-8,18H,1H3,(H,16,17)/b15-8-. The molecule has 0 aliphatic carbocycles. The number of hydrogen-bond donors (Lipinski definition) is 2. The average Bonchev–Trinajstić information content (AvgIpc) is 2.41. The van der Waals surface area contributed by atoms with E-state index in [2.05, 4.69) is 15.5 Å². The van der Waals surface area contributed by atoms with Gasteiger partial charge in [0.25, 0.3) is 0 Å². The number of halogens is 1. The highest BCUT2D eigenvalue weighted by molar-refractivity contribution is 6.29. The molecule has 0 fully saturated rings. The molecule has 0 radical (unpaired) electrons. The SMILES string of the molecule is COc1cc(/C=N\Nc2cccc(Cl)n2)ccc1O. The fourth-order valence-corrected chi connectivity index (χ4v) is 1.58. The van der Waals surface area contributed by atoms with Gasteiger partial charge in [0.1, 0.15) is 11.0 Å². The number of phenolic OH excluding ortho intramolecular Hbond substituents is 1. The predicted octanol–water partition coefficient (Wildman–Crippen LogP) is 2.90. The Bertz CT molecular complexity index is 602. The minimum atomic E-state index is 0.0871. The van der Waals surface area contributed by atoms with E-state index in [1.165, 1.54) is 13.2 Å². The van der Waals surface area contributed by atoms with Crippen molar-refractivity contribution in [1.29, 1.82) is 0 Å². The molecule has 0 saturated heterocycles. The summed E-state index contributed by atoms with van der Waals surface area (Å²) in [6.07, 6.45) is 1.59. The Morgan fingerprint density at radius 2 is 2.21 bits per heavy atom. The average molecular weight is 278 g/mol. The van der Waals surface area contributed by atoms with E-state index in [9.17, 15) is 5.11 Å². The Kier molecular flexibility index (Phi) is 4.20. The van der Waals surface area contributed by atoms with Crippen LogP contribution in [0.4, 0.5) is 5.82 Å².